The Labute approximate surface area is 147 Å². The molecule has 0 radical (unpaired) electrons. The Bertz CT molecular complexity index is 1060. The van der Waals surface area contributed by atoms with E-state index in [1.54, 1.807) is 17.0 Å². The van der Waals surface area contributed by atoms with E-state index < -0.39 is 5.97 Å². The van der Waals surface area contributed by atoms with E-state index in [0.717, 1.165) is 22.2 Å². The van der Waals surface area contributed by atoms with Crippen LogP contribution in [0.25, 0.3) is 10.9 Å². The molecule has 0 saturated heterocycles. The molecular formula is C18H16N4O4. The Morgan fingerprint density at radius 3 is 2.81 bits per heavy atom. The minimum atomic E-state index is -0.400. The van der Waals surface area contributed by atoms with Gasteiger partial charge in [0, 0.05) is 47.7 Å². The van der Waals surface area contributed by atoms with Crippen molar-refractivity contribution in [3.05, 3.63) is 63.2 Å². The van der Waals surface area contributed by atoms with E-state index in [1.165, 1.54) is 19.2 Å². The quantitative estimate of drug-likeness (QED) is 0.675. The highest BCUT2D eigenvalue weighted by Crippen LogP contribution is 2.29. The van der Waals surface area contributed by atoms with Gasteiger partial charge in [-0.05, 0) is 24.3 Å². The van der Waals surface area contributed by atoms with Crippen LogP contribution in [0.4, 0.5) is 0 Å². The summed E-state index contributed by atoms with van der Waals surface area (Å²) in [7, 11) is 1.34. The monoisotopic (exact) mass is 352 g/mol. The Hall–Kier alpha value is -3.42. The molecular weight excluding hydrogens is 336 g/mol. The third kappa shape index (κ3) is 2.65. The average molecular weight is 352 g/mol. The number of rotatable bonds is 2. The number of nitrogens with one attached hydrogen (secondary N) is 2. The van der Waals surface area contributed by atoms with Gasteiger partial charge in [-0.15, -0.1) is 0 Å². The van der Waals surface area contributed by atoms with Gasteiger partial charge in [0.2, 0.25) is 0 Å². The van der Waals surface area contributed by atoms with Crippen LogP contribution in [0.15, 0.2) is 35.1 Å². The largest absolute Gasteiger partial charge is 0.465 e. The number of aromatic amines is 2. The van der Waals surface area contributed by atoms with E-state index in [1.807, 2.05) is 6.07 Å². The number of carbonyl (C=O) groups is 2. The predicted octanol–water partition coefficient (Wildman–Crippen LogP) is 1.24. The molecule has 8 heteroatoms. The van der Waals surface area contributed by atoms with Crippen molar-refractivity contribution in [1.29, 1.82) is 0 Å². The van der Waals surface area contributed by atoms with Crippen molar-refractivity contribution in [2.45, 2.75) is 13.0 Å². The van der Waals surface area contributed by atoms with Crippen LogP contribution in [0.5, 0.6) is 0 Å². The van der Waals surface area contributed by atoms with Gasteiger partial charge in [0.05, 0.1) is 12.7 Å². The van der Waals surface area contributed by atoms with Crippen LogP contribution in [0.3, 0.4) is 0 Å². The molecule has 0 fully saturated rings. The molecule has 1 aromatic carbocycles. The van der Waals surface area contributed by atoms with Crippen molar-refractivity contribution < 1.29 is 14.3 Å². The van der Waals surface area contributed by atoms with Gasteiger partial charge in [0.15, 0.2) is 0 Å². The molecule has 2 N–H and O–H groups in total. The predicted molar refractivity (Wildman–Crippen MR) is 92.9 cm³/mol. The maximum Gasteiger partial charge on any atom is 0.337 e. The van der Waals surface area contributed by atoms with Gasteiger partial charge in [-0.25, -0.2) is 9.89 Å². The zero-order valence-corrected chi connectivity index (χ0v) is 14.0. The minimum Gasteiger partial charge on any atom is -0.465 e. The first-order valence-corrected chi connectivity index (χ1v) is 8.13. The van der Waals surface area contributed by atoms with Gasteiger partial charge in [0.25, 0.3) is 11.5 Å². The van der Waals surface area contributed by atoms with E-state index in [0.29, 0.717) is 25.1 Å². The lowest BCUT2D eigenvalue weighted by Gasteiger charge is -2.26. The van der Waals surface area contributed by atoms with Crippen molar-refractivity contribution >= 4 is 22.8 Å². The van der Waals surface area contributed by atoms with E-state index >= 15 is 0 Å². The average Bonchev–Trinajstić information content (AvgIpc) is 3.04. The summed E-state index contributed by atoms with van der Waals surface area (Å²) in [5.41, 5.74) is 3.26. The lowest BCUT2D eigenvalue weighted by molar-refractivity contribution is 0.0600. The van der Waals surface area contributed by atoms with Gasteiger partial charge in [0.1, 0.15) is 5.69 Å². The number of methoxy groups -OCH3 is 1. The second-order valence-corrected chi connectivity index (χ2v) is 6.12. The number of hydrogen-bond donors (Lipinski definition) is 2. The van der Waals surface area contributed by atoms with Crippen molar-refractivity contribution in [1.82, 2.24) is 20.1 Å². The maximum absolute atomic E-state index is 12.7. The SMILES string of the molecule is COC(=O)c1ccc2[nH]c3c(c2c1)CN(C(=O)c1ccc(=O)[nH]n1)CC3. The lowest BCUT2D eigenvalue weighted by atomic mass is 10.0. The number of benzene rings is 1. The second-order valence-electron chi connectivity index (χ2n) is 6.12. The van der Waals surface area contributed by atoms with Crippen LogP contribution in [0.2, 0.25) is 0 Å². The molecule has 2 aromatic heterocycles. The van der Waals surface area contributed by atoms with E-state index in [9.17, 15) is 14.4 Å². The highest BCUT2D eigenvalue weighted by molar-refractivity contribution is 5.97. The molecule has 8 nitrogen and oxygen atoms in total. The molecule has 0 spiro atoms. The van der Waals surface area contributed by atoms with Crippen molar-refractivity contribution in [3.8, 4) is 0 Å². The van der Waals surface area contributed by atoms with E-state index in [-0.39, 0.29) is 17.2 Å². The van der Waals surface area contributed by atoms with Crippen LogP contribution >= 0.6 is 0 Å². The summed E-state index contributed by atoms with van der Waals surface area (Å²) >= 11 is 0. The number of H-pyrrole nitrogens is 2. The zero-order valence-electron chi connectivity index (χ0n) is 14.0. The highest BCUT2D eigenvalue weighted by atomic mass is 16.5. The third-order valence-electron chi connectivity index (χ3n) is 4.58. The fourth-order valence-electron chi connectivity index (χ4n) is 3.26. The molecule has 0 bridgehead atoms. The molecule has 132 valence electrons. The second kappa shape index (κ2) is 6.14. The number of esters is 1. The number of carbonyl (C=O) groups excluding carboxylic acids is 2. The molecule has 1 amide bonds. The molecule has 4 rings (SSSR count). The van der Waals surface area contributed by atoms with Crippen molar-refractivity contribution in [2.24, 2.45) is 0 Å². The molecule has 3 aromatic rings. The molecule has 0 atom stereocenters. The number of aromatic nitrogens is 3. The maximum atomic E-state index is 12.7. The summed E-state index contributed by atoms with van der Waals surface area (Å²) in [6.45, 7) is 0.947. The topological polar surface area (TPSA) is 108 Å². The summed E-state index contributed by atoms with van der Waals surface area (Å²) in [6.07, 6.45) is 0.673. The first kappa shape index (κ1) is 16.1. The number of fused-ring (bicyclic) bond motifs is 3. The third-order valence-corrected chi connectivity index (χ3v) is 4.58. The summed E-state index contributed by atoms with van der Waals surface area (Å²) in [4.78, 5) is 40.6. The molecule has 0 saturated carbocycles. The van der Waals surface area contributed by atoms with Gasteiger partial charge in [-0.1, -0.05) is 0 Å². The van der Waals surface area contributed by atoms with Crippen LogP contribution in [0.1, 0.15) is 32.1 Å². The Morgan fingerprint density at radius 1 is 1.23 bits per heavy atom. The Kier molecular flexibility index (Phi) is 3.80. The molecule has 1 aliphatic rings. The molecule has 26 heavy (non-hydrogen) atoms. The Balaban J connectivity index is 1.68. The summed E-state index contributed by atoms with van der Waals surface area (Å²) < 4.78 is 4.78. The van der Waals surface area contributed by atoms with Crippen LogP contribution in [-0.2, 0) is 17.7 Å². The van der Waals surface area contributed by atoms with Gasteiger partial charge < -0.3 is 14.6 Å². The Morgan fingerprint density at radius 2 is 2.08 bits per heavy atom. The van der Waals surface area contributed by atoms with Gasteiger partial charge in [-0.3, -0.25) is 9.59 Å². The van der Waals surface area contributed by atoms with Crippen LogP contribution < -0.4 is 5.56 Å². The van der Waals surface area contributed by atoms with Crippen LogP contribution in [0, 0.1) is 0 Å². The fourth-order valence-corrected chi connectivity index (χ4v) is 3.26. The van der Waals surface area contributed by atoms with E-state index in [2.05, 4.69) is 15.2 Å². The molecule has 0 aliphatic carbocycles. The van der Waals surface area contributed by atoms with Crippen molar-refractivity contribution in [3.63, 3.8) is 0 Å². The molecule has 1 aliphatic heterocycles. The first-order chi connectivity index (χ1) is 12.6. The smallest absolute Gasteiger partial charge is 0.337 e. The number of amides is 1. The lowest BCUT2D eigenvalue weighted by Crippen LogP contribution is -2.36. The van der Waals surface area contributed by atoms with Gasteiger partial charge in [-0.2, -0.15) is 5.10 Å². The van der Waals surface area contributed by atoms with Crippen molar-refractivity contribution in [2.75, 3.05) is 13.7 Å². The number of nitrogens with zero attached hydrogens (tertiary/aromatic N) is 2. The normalized spacial score (nSPS) is 13.5. The fraction of sp³-hybridized carbons (Fsp3) is 0.222. The molecule has 0 unspecified atom stereocenters. The standard InChI is InChI=1S/C18H16N4O4/c1-26-18(25)10-2-3-13-11(8-10)12-9-22(7-6-14(12)19-13)17(24)15-4-5-16(23)21-20-15/h2-5,8,19H,6-7,9H2,1H3,(H,21,23). The first-order valence-electron chi connectivity index (χ1n) is 8.13. The van der Waals surface area contributed by atoms with Gasteiger partial charge >= 0.3 is 5.97 Å². The summed E-state index contributed by atoms with van der Waals surface area (Å²) in [5.74, 6) is -0.645. The zero-order chi connectivity index (χ0) is 18.3. The summed E-state index contributed by atoms with van der Waals surface area (Å²) in [6, 6.07) is 8.03. The highest BCUT2D eigenvalue weighted by Gasteiger charge is 2.26. The molecule has 3 heterocycles. The van der Waals surface area contributed by atoms with Crippen LogP contribution in [-0.4, -0.2) is 45.6 Å². The number of ether oxygens (including phenoxy) is 1. The van der Waals surface area contributed by atoms with E-state index in [4.69, 9.17) is 4.74 Å². The minimum absolute atomic E-state index is 0.197. The summed E-state index contributed by atoms with van der Waals surface area (Å²) in [5, 5.41) is 6.99. The number of hydrogen-bond acceptors (Lipinski definition) is 5.